The molecule has 1 fully saturated rings. The number of carbonyl (C=O) groups is 2. The first-order valence-corrected chi connectivity index (χ1v) is 17.2. The first-order valence-electron chi connectivity index (χ1n) is 17.2. The second-order valence-corrected chi connectivity index (χ2v) is 14.6. The molecule has 0 spiro atoms. The molecular weight excluding hydrogens is 606 g/mol. The third kappa shape index (κ3) is 8.38. The molecule has 3 aromatic rings. The summed E-state index contributed by atoms with van der Waals surface area (Å²) in [4.78, 5) is 43.8. The third-order valence-corrected chi connectivity index (χ3v) is 10.5. The number of aromatic nitrogens is 2. The molecule has 2 aromatic heterocycles. The smallest absolute Gasteiger partial charge is 0.290 e. The van der Waals surface area contributed by atoms with E-state index < -0.39 is 6.10 Å². The summed E-state index contributed by atoms with van der Waals surface area (Å²) in [5, 5.41) is 27.4. The van der Waals surface area contributed by atoms with E-state index in [1.807, 2.05) is 18.2 Å². The molecule has 2 aliphatic carbocycles. The van der Waals surface area contributed by atoms with Gasteiger partial charge in [0.15, 0.2) is 5.78 Å². The second kappa shape index (κ2) is 15.5. The lowest BCUT2D eigenvalue weighted by Crippen LogP contribution is -2.50. The molecule has 0 bridgehead atoms. The quantitative estimate of drug-likeness (QED) is 0.231. The molecule has 3 aliphatic rings. The van der Waals surface area contributed by atoms with Crippen LogP contribution in [0.2, 0.25) is 0 Å². The van der Waals surface area contributed by atoms with Crippen LogP contribution in [0.5, 0.6) is 0 Å². The Morgan fingerprint density at radius 3 is 2.50 bits per heavy atom. The molecule has 9 nitrogen and oxygen atoms in total. The lowest BCUT2D eigenvalue weighted by Gasteiger charge is -2.38. The number of H-pyrrole nitrogens is 1. The van der Waals surface area contributed by atoms with Gasteiger partial charge < -0.3 is 20.3 Å². The van der Waals surface area contributed by atoms with Crippen molar-refractivity contribution in [2.45, 2.75) is 90.2 Å². The summed E-state index contributed by atoms with van der Waals surface area (Å²) in [6, 6.07) is 13.6. The van der Waals surface area contributed by atoms with Crippen molar-refractivity contribution >= 4 is 18.3 Å². The van der Waals surface area contributed by atoms with Gasteiger partial charge in [0, 0.05) is 36.4 Å². The Balaban J connectivity index is 0.00000145. The number of pyridine rings is 2. The van der Waals surface area contributed by atoms with Crippen molar-refractivity contribution < 1.29 is 24.9 Å². The van der Waals surface area contributed by atoms with E-state index in [0.717, 1.165) is 72.2 Å². The highest BCUT2D eigenvalue weighted by Gasteiger charge is 2.33. The van der Waals surface area contributed by atoms with E-state index in [1.165, 1.54) is 17.3 Å². The Morgan fingerprint density at radius 2 is 1.83 bits per heavy atom. The van der Waals surface area contributed by atoms with E-state index in [1.54, 1.807) is 6.20 Å². The molecule has 6 rings (SSSR count). The van der Waals surface area contributed by atoms with E-state index in [9.17, 15) is 19.8 Å². The number of benzene rings is 1. The van der Waals surface area contributed by atoms with Crippen LogP contribution in [-0.4, -0.2) is 74.3 Å². The monoisotopic (exact) mass is 655 g/mol. The minimum atomic E-state index is -0.528. The number of carbonyl (C=O) groups excluding carboxylic acids is 1. The number of rotatable bonds is 9. The molecule has 9 heteroatoms. The number of ketones is 1. The number of hydrogen-bond acceptors (Lipinski definition) is 7. The number of piperidine rings is 1. The van der Waals surface area contributed by atoms with Crippen LogP contribution >= 0.6 is 0 Å². The number of carboxylic acid groups (broad SMARTS) is 1. The molecule has 48 heavy (non-hydrogen) atoms. The number of aryl methyl sites for hydroxylation is 1. The molecule has 0 amide bonds. The maximum absolute atomic E-state index is 13.9. The molecule has 4 N–H and O–H groups in total. The van der Waals surface area contributed by atoms with Crippen molar-refractivity contribution in [3.8, 4) is 11.1 Å². The number of nitrogens with zero attached hydrogens (tertiary/aromatic N) is 2. The maximum atomic E-state index is 13.9. The lowest BCUT2D eigenvalue weighted by atomic mass is 9.71. The SMILES string of the molecule is CC(C)(C)[C@H]1CCc2nc3c(cc2C1)C=C(C(=O)C[C@H](CCN1CCC[C@H](O)[C@H]1CO)c1ccc(-c2ccc(=O)[nH]c2)cc1)C3.O=CO. The van der Waals surface area contributed by atoms with E-state index in [-0.39, 0.29) is 41.8 Å². The number of allylic oxidation sites excluding steroid dienone is 1. The summed E-state index contributed by atoms with van der Waals surface area (Å²) < 4.78 is 0. The van der Waals surface area contributed by atoms with Gasteiger partial charge in [-0.25, -0.2) is 0 Å². The summed E-state index contributed by atoms with van der Waals surface area (Å²) in [6.45, 7) is 8.18. The summed E-state index contributed by atoms with van der Waals surface area (Å²) in [7, 11) is 0. The number of hydrogen-bond donors (Lipinski definition) is 4. The van der Waals surface area contributed by atoms with Crippen molar-refractivity contribution in [2.75, 3.05) is 19.7 Å². The molecule has 3 heterocycles. The standard InChI is InChI=1S/C38H47N3O4.CH2O2/c1-38(2,3)31-11-12-32-29(19-31)17-28-18-30(20-33(28)40-32)36(44)21-26(14-16-41-15-4-5-35(43)34(41)23-42)24-6-8-25(9-7-24)27-10-13-37(45)39-22-27;2-1-3/h6-10,13,17-18,22,26,31,34-35,42-43H,4-5,11-12,14-16,19-21,23H2,1-3H3,(H,39,45);1H,(H,2,3)/t26-,31-,34+,35-;/m0./s1. The summed E-state index contributed by atoms with van der Waals surface area (Å²) in [5.74, 6) is 0.781. The van der Waals surface area contributed by atoms with Crippen LogP contribution in [-0.2, 0) is 28.9 Å². The Bertz CT molecular complexity index is 1650. The minimum absolute atomic E-state index is 0.0149. The zero-order chi connectivity index (χ0) is 34.4. The Morgan fingerprint density at radius 1 is 1.10 bits per heavy atom. The molecule has 0 saturated carbocycles. The highest BCUT2D eigenvalue weighted by atomic mass is 16.3. The molecule has 0 unspecified atom stereocenters. The van der Waals surface area contributed by atoms with E-state index in [0.29, 0.717) is 31.7 Å². The third-order valence-electron chi connectivity index (χ3n) is 10.5. The Kier molecular flexibility index (Phi) is 11.5. The van der Waals surface area contributed by atoms with Gasteiger partial charge >= 0.3 is 0 Å². The summed E-state index contributed by atoms with van der Waals surface area (Å²) in [6.07, 6.45) is 9.81. The van der Waals surface area contributed by atoms with E-state index >= 15 is 0 Å². The largest absolute Gasteiger partial charge is 0.483 e. The summed E-state index contributed by atoms with van der Waals surface area (Å²) in [5.41, 5.74) is 8.66. The van der Waals surface area contributed by atoms with Gasteiger partial charge in [-0.2, -0.15) is 0 Å². The second-order valence-electron chi connectivity index (χ2n) is 14.6. The van der Waals surface area contributed by atoms with Crippen LogP contribution in [0, 0.1) is 11.3 Å². The zero-order valence-corrected chi connectivity index (χ0v) is 28.3. The number of Topliss-reactive ketones (excluding diaryl/α,β-unsaturated/α-hetero) is 1. The minimum Gasteiger partial charge on any atom is -0.483 e. The topological polar surface area (TPSA) is 144 Å². The Hall–Kier alpha value is -3.92. The average Bonchev–Trinajstić information content (AvgIpc) is 3.49. The van der Waals surface area contributed by atoms with Crippen molar-refractivity contribution in [3.63, 3.8) is 0 Å². The fourth-order valence-electron chi connectivity index (χ4n) is 7.55. The molecule has 1 saturated heterocycles. The van der Waals surface area contributed by atoms with Gasteiger partial charge in [0.05, 0.1) is 24.4 Å². The lowest BCUT2D eigenvalue weighted by molar-refractivity contribution is -0.123. The van der Waals surface area contributed by atoms with E-state index in [4.69, 9.17) is 14.9 Å². The first-order chi connectivity index (χ1) is 23.0. The van der Waals surface area contributed by atoms with Gasteiger partial charge in [0.25, 0.3) is 6.47 Å². The first kappa shape index (κ1) is 35.4. The number of likely N-dealkylation sites (tertiary alicyclic amines) is 1. The number of aliphatic hydroxyl groups is 2. The van der Waals surface area contributed by atoms with Crippen molar-refractivity contribution in [1.82, 2.24) is 14.9 Å². The number of nitrogens with one attached hydrogen (secondary N) is 1. The molecule has 0 radical (unpaired) electrons. The van der Waals surface area contributed by atoms with Crippen molar-refractivity contribution in [2.24, 2.45) is 11.3 Å². The molecule has 1 aromatic carbocycles. The van der Waals surface area contributed by atoms with Gasteiger partial charge in [-0.15, -0.1) is 0 Å². The number of aromatic amines is 1. The highest BCUT2D eigenvalue weighted by molar-refractivity contribution is 6.02. The number of fused-ring (bicyclic) bond motifs is 2. The normalized spacial score (nSPS) is 21.3. The van der Waals surface area contributed by atoms with Gasteiger partial charge in [-0.05, 0) is 115 Å². The summed E-state index contributed by atoms with van der Waals surface area (Å²) >= 11 is 0. The van der Waals surface area contributed by atoms with Crippen LogP contribution in [0.1, 0.15) is 86.9 Å². The fraction of sp³-hybridized carbons (Fsp3) is 0.487. The number of aliphatic hydroxyl groups excluding tert-OH is 2. The van der Waals surface area contributed by atoms with Crippen molar-refractivity contribution in [3.05, 3.63) is 92.7 Å². The molecule has 256 valence electrons. The average molecular weight is 656 g/mol. The zero-order valence-electron chi connectivity index (χ0n) is 28.3. The van der Waals surface area contributed by atoms with Crippen LogP contribution in [0.25, 0.3) is 17.2 Å². The van der Waals surface area contributed by atoms with Crippen LogP contribution in [0.3, 0.4) is 0 Å². The van der Waals surface area contributed by atoms with Crippen LogP contribution in [0.4, 0.5) is 0 Å². The predicted molar refractivity (Wildman–Crippen MR) is 187 cm³/mol. The predicted octanol–water partition coefficient (Wildman–Crippen LogP) is 5.18. The molecular formula is C39H49N3O6. The van der Waals surface area contributed by atoms with Gasteiger partial charge in [0.2, 0.25) is 5.56 Å². The van der Waals surface area contributed by atoms with Crippen molar-refractivity contribution in [1.29, 1.82) is 0 Å². The van der Waals surface area contributed by atoms with Gasteiger partial charge in [-0.3, -0.25) is 24.3 Å². The van der Waals surface area contributed by atoms with E-state index in [2.05, 4.69) is 54.9 Å². The fourth-order valence-corrected chi connectivity index (χ4v) is 7.55. The van der Waals surface area contributed by atoms with Crippen LogP contribution < -0.4 is 5.56 Å². The highest BCUT2D eigenvalue weighted by Crippen LogP contribution is 2.39. The molecule has 1 aliphatic heterocycles. The maximum Gasteiger partial charge on any atom is 0.290 e. The van der Waals surface area contributed by atoms with Crippen LogP contribution in [0.15, 0.2) is 59.0 Å². The van der Waals surface area contributed by atoms with Gasteiger partial charge in [-0.1, -0.05) is 45.0 Å². The molecule has 4 atom stereocenters. The van der Waals surface area contributed by atoms with Gasteiger partial charge in [0.1, 0.15) is 0 Å². The Labute approximate surface area is 282 Å².